The van der Waals surface area contributed by atoms with E-state index in [1.807, 2.05) is 6.08 Å². The van der Waals surface area contributed by atoms with Crippen LogP contribution in [0.15, 0.2) is 53.2 Å². The number of oxime groups is 1. The van der Waals surface area contributed by atoms with Gasteiger partial charge in [0.15, 0.2) is 5.84 Å². The number of rotatable bonds is 8. The van der Waals surface area contributed by atoms with Crippen molar-refractivity contribution in [2.75, 3.05) is 30.7 Å². The summed E-state index contributed by atoms with van der Waals surface area (Å²) in [7, 11) is -2.01. The molecule has 0 saturated carbocycles. The highest BCUT2D eigenvalue weighted by molar-refractivity contribution is 7.92. The lowest BCUT2D eigenvalue weighted by Gasteiger charge is -2.37. The molecule has 11 heteroatoms. The minimum atomic E-state index is -3.47. The molecule has 1 unspecified atom stereocenters. The van der Waals surface area contributed by atoms with Gasteiger partial charge in [0, 0.05) is 12.1 Å². The van der Waals surface area contributed by atoms with Crippen LogP contribution in [0.25, 0.3) is 6.08 Å². The minimum absolute atomic E-state index is 0.0616. The maximum atomic E-state index is 13.6. The number of benzene rings is 2. The lowest BCUT2D eigenvalue weighted by molar-refractivity contribution is -0.189. The van der Waals surface area contributed by atoms with Crippen molar-refractivity contribution in [3.05, 3.63) is 65.0 Å². The van der Waals surface area contributed by atoms with Gasteiger partial charge in [-0.1, -0.05) is 11.2 Å². The van der Waals surface area contributed by atoms with Gasteiger partial charge < -0.3 is 19.2 Å². The zero-order valence-electron chi connectivity index (χ0n) is 20.3. The number of methoxy groups -OCH3 is 1. The molecule has 0 aliphatic carbocycles. The van der Waals surface area contributed by atoms with Gasteiger partial charge in [-0.15, -0.1) is 0 Å². The van der Waals surface area contributed by atoms with Crippen molar-refractivity contribution in [2.24, 2.45) is 5.16 Å². The summed E-state index contributed by atoms with van der Waals surface area (Å²) in [5.41, 5.74) is 0.667. The lowest BCUT2D eigenvalue weighted by Crippen LogP contribution is -2.54. The molecule has 1 atom stereocenters. The largest absolute Gasteiger partial charge is 0.495 e. The van der Waals surface area contributed by atoms with Crippen LogP contribution in [0.4, 0.5) is 10.1 Å². The molecule has 2 aliphatic heterocycles. The van der Waals surface area contributed by atoms with Crippen LogP contribution in [-0.4, -0.2) is 51.1 Å². The van der Waals surface area contributed by atoms with E-state index in [1.54, 1.807) is 36.9 Å². The Kier molecular flexibility index (Phi) is 7.21. The first-order valence-electron chi connectivity index (χ1n) is 11.6. The number of halogens is 1. The average molecular weight is 518 g/mol. The second-order valence-corrected chi connectivity index (χ2v) is 10.3. The Balaban J connectivity index is 1.69. The lowest BCUT2D eigenvalue weighted by atomic mass is 9.94. The van der Waals surface area contributed by atoms with E-state index in [0.717, 1.165) is 11.1 Å². The molecule has 1 N–H and O–H groups in total. The molecule has 9 nitrogen and oxygen atoms in total. The van der Waals surface area contributed by atoms with E-state index >= 15 is 0 Å². The van der Waals surface area contributed by atoms with E-state index in [-0.39, 0.29) is 12.4 Å². The van der Waals surface area contributed by atoms with Crippen LogP contribution in [0.3, 0.4) is 0 Å². The molecule has 2 aromatic carbocycles. The fourth-order valence-electron chi connectivity index (χ4n) is 4.23. The molecular weight excluding hydrogens is 489 g/mol. The summed E-state index contributed by atoms with van der Waals surface area (Å²) < 4.78 is 50.9. The van der Waals surface area contributed by atoms with Crippen LogP contribution in [0.2, 0.25) is 0 Å². The van der Waals surface area contributed by atoms with E-state index in [9.17, 15) is 17.6 Å². The number of hydrogen-bond acceptors (Lipinski definition) is 8. The number of carbonyl (C=O) groups excluding carboxylic acids is 1. The number of nitrogens with zero attached hydrogens (tertiary/aromatic N) is 2. The van der Waals surface area contributed by atoms with Gasteiger partial charge in [0.05, 0.1) is 25.2 Å². The zero-order valence-corrected chi connectivity index (χ0v) is 21.1. The average Bonchev–Trinajstić information content (AvgIpc) is 3.27. The topological polar surface area (TPSA) is 107 Å². The Morgan fingerprint density at radius 1 is 1.25 bits per heavy atom. The molecule has 0 amide bonds. The zero-order chi connectivity index (χ0) is 25.9. The van der Waals surface area contributed by atoms with Crippen LogP contribution in [0, 0.1) is 5.82 Å². The molecular formula is C25H28FN3O6S. The molecule has 1 fully saturated rings. The number of nitrogens with one attached hydrogen (secondary N) is 1. The van der Waals surface area contributed by atoms with Crippen LogP contribution in [-0.2, 0) is 30.1 Å². The molecule has 4 rings (SSSR count). The van der Waals surface area contributed by atoms with Gasteiger partial charge in [0.2, 0.25) is 10.0 Å². The highest BCUT2D eigenvalue weighted by atomic mass is 32.2. The number of ether oxygens (including phenoxy) is 2. The molecule has 2 aromatic rings. The fraction of sp³-hybridized carbons (Fsp3) is 0.360. The third-order valence-electron chi connectivity index (χ3n) is 6.01. The summed E-state index contributed by atoms with van der Waals surface area (Å²) in [4.78, 5) is 20.7. The minimum Gasteiger partial charge on any atom is -0.495 e. The summed E-state index contributed by atoms with van der Waals surface area (Å²) in [6, 6.07) is 10.6. The highest BCUT2D eigenvalue weighted by Gasteiger charge is 2.57. The van der Waals surface area contributed by atoms with Gasteiger partial charge in [0.1, 0.15) is 11.6 Å². The maximum absolute atomic E-state index is 13.6. The van der Waals surface area contributed by atoms with Gasteiger partial charge in [-0.05, 0) is 80.3 Å². The molecule has 0 radical (unpaired) electrons. The number of hydrogen-bond donors (Lipinski definition) is 1. The number of carbonyl (C=O) groups is 1. The molecule has 2 aliphatic rings. The van der Waals surface area contributed by atoms with Crippen molar-refractivity contribution in [3.8, 4) is 5.75 Å². The number of sulfonamides is 1. The molecule has 0 aromatic heterocycles. The molecule has 192 valence electrons. The SMILES string of the molecule is CCOC(=O)C1(c2ccc(F)cc2)ON=C2/C(=C/c3ccc(NS(=O)(=O)CC)c(OC)c3)CCCN21. The molecule has 2 heterocycles. The van der Waals surface area contributed by atoms with Crippen LogP contribution >= 0.6 is 0 Å². The summed E-state index contributed by atoms with van der Waals surface area (Å²) >= 11 is 0. The summed E-state index contributed by atoms with van der Waals surface area (Å²) in [6.07, 6.45) is 3.27. The van der Waals surface area contributed by atoms with Crippen molar-refractivity contribution >= 4 is 33.6 Å². The molecule has 0 spiro atoms. The number of esters is 1. The van der Waals surface area contributed by atoms with E-state index < -0.39 is 27.5 Å². The van der Waals surface area contributed by atoms with Crippen molar-refractivity contribution in [2.45, 2.75) is 32.4 Å². The first-order valence-corrected chi connectivity index (χ1v) is 13.3. The normalized spacial score (nSPS) is 20.4. The second kappa shape index (κ2) is 10.2. The summed E-state index contributed by atoms with van der Waals surface area (Å²) in [5, 5.41) is 4.27. The first kappa shape index (κ1) is 25.5. The van der Waals surface area contributed by atoms with Gasteiger partial charge in [-0.2, -0.15) is 0 Å². The van der Waals surface area contributed by atoms with Crippen molar-refractivity contribution < 1.29 is 31.9 Å². The Morgan fingerprint density at radius 2 is 2.00 bits per heavy atom. The number of amidine groups is 1. The monoisotopic (exact) mass is 517 g/mol. The van der Waals surface area contributed by atoms with Gasteiger partial charge in [0.25, 0.3) is 0 Å². The van der Waals surface area contributed by atoms with E-state index in [0.29, 0.717) is 42.2 Å². The standard InChI is InChI=1S/C25H28FN3O6S/c1-4-34-24(30)25(19-9-11-20(26)12-10-19)29-14-6-7-18(23(29)27-35-25)15-17-8-13-21(22(16-17)33-3)28-36(31,32)5-2/h8-13,15-16,28H,4-7,14H2,1-3H3/b18-15+. The second-order valence-electron chi connectivity index (χ2n) is 8.27. The summed E-state index contributed by atoms with van der Waals surface area (Å²) in [5.74, 6) is -0.284. The van der Waals surface area contributed by atoms with Gasteiger partial charge >= 0.3 is 11.7 Å². The Bertz CT molecular complexity index is 1310. The quantitative estimate of drug-likeness (QED) is 0.531. The number of anilines is 1. The Morgan fingerprint density at radius 3 is 2.67 bits per heavy atom. The molecule has 0 bridgehead atoms. The number of fused-ring (bicyclic) bond motifs is 1. The fourth-order valence-corrected chi connectivity index (χ4v) is 4.88. The Hall–Kier alpha value is -3.60. The van der Waals surface area contributed by atoms with Crippen LogP contribution in [0.5, 0.6) is 5.75 Å². The smallest absolute Gasteiger partial charge is 0.380 e. The van der Waals surface area contributed by atoms with Crippen molar-refractivity contribution in [1.29, 1.82) is 0 Å². The maximum Gasteiger partial charge on any atom is 0.380 e. The third kappa shape index (κ3) is 4.75. The molecule has 36 heavy (non-hydrogen) atoms. The third-order valence-corrected chi connectivity index (χ3v) is 7.31. The Labute approximate surface area is 209 Å². The van der Waals surface area contributed by atoms with Crippen molar-refractivity contribution in [3.63, 3.8) is 0 Å². The van der Waals surface area contributed by atoms with Crippen LogP contribution < -0.4 is 9.46 Å². The van der Waals surface area contributed by atoms with Gasteiger partial charge in [-0.25, -0.2) is 17.6 Å². The van der Waals surface area contributed by atoms with Gasteiger partial charge in [-0.3, -0.25) is 4.72 Å². The molecule has 1 saturated heterocycles. The predicted octanol–water partition coefficient (Wildman–Crippen LogP) is 3.83. The summed E-state index contributed by atoms with van der Waals surface area (Å²) in [6.45, 7) is 3.87. The highest BCUT2D eigenvalue weighted by Crippen LogP contribution is 2.41. The van der Waals surface area contributed by atoms with Crippen LogP contribution in [0.1, 0.15) is 37.8 Å². The number of piperidine rings is 1. The van der Waals surface area contributed by atoms with E-state index in [2.05, 4.69) is 9.88 Å². The van der Waals surface area contributed by atoms with Crippen molar-refractivity contribution in [1.82, 2.24) is 4.90 Å². The van der Waals surface area contributed by atoms with E-state index in [1.165, 1.54) is 31.4 Å². The van der Waals surface area contributed by atoms with E-state index in [4.69, 9.17) is 14.3 Å². The first-order chi connectivity index (χ1) is 17.2. The predicted molar refractivity (Wildman–Crippen MR) is 133 cm³/mol.